The van der Waals surface area contributed by atoms with Crippen molar-refractivity contribution in [3.63, 3.8) is 0 Å². The van der Waals surface area contributed by atoms with Gasteiger partial charge in [-0.15, -0.1) is 0 Å². The molecule has 0 amide bonds. The van der Waals surface area contributed by atoms with Crippen LogP contribution < -0.4 is 4.57 Å². The third-order valence-electron chi connectivity index (χ3n) is 4.50. The summed E-state index contributed by atoms with van der Waals surface area (Å²) in [7, 11) is 2.07. The summed E-state index contributed by atoms with van der Waals surface area (Å²) < 4.78 is 8.18. The maximum Gasteiger partial charge on any atom is 0.213 e. The molecule has 0 aliphatic heterocycles. The van der Waals surface area contributed by atoms with Crippen LogP contribution in [-0.2, 0) is 7.05 Å². The molecule has 2 aromatic carbocycles. The number of aromatic nitrogens is 1. The number of pyridine rings is 1. The minimum Gasteiger partial charge on any atom is -0.457 e. The van der Waals surface area contributed by atoms with Crippen molar-refractivity contribution >= 4 is 27.6 Å². The van der Waals surface area contributed by atoms with Crippen LogP contribution in [0, 0.1) is 20.4 Å². The highest BCUT2D eigenvalue weighted by Gasteiger charge is 2.20. The first-order valence-corrected chi connectivity index (χ1v) is 7.88. The molecule has 0 radical (unpaired) electrons. The Kier molecular flexibility index (Phi) is 3.14. The molecule has 4 rings (SSSR count). The van der Waals surface area contributed by atoms with Crippen LogP contribution in [0.3, 0.4) is 0 Å². The van der Waals surface area contributed by atoms with E-state index in [4.69, 9.17) is 11.0 Å². The van der Waals surface area contributed by atoms with Crippen molar-refractivity contribution in [3.05, 3.63) is 71.2 Å². The van der Waals surface area contributed by atoms with E-state index in [1.54, 1.807) is 0 Å². The molecule has 0 saturated carbocycles. The van der Waals surface area contributed by atoms with Gasteiger partial charge >= 0.3 is 0 Å². The molecule has 3 nitrogen and oxygen atoms in total. The number of furan rings is 1. The lowest BCUT2D eigenvalue weighted by Gasteiger charge is -2.07. The molecule has 0 atom stereocenters. The second-order valence-electron chi connectivity index (χ2n) is 6.23. The number of aryl methyl sites for hydroxylation is 3. The van der Waals surface area contributed by atoms with Crippen LogP contribution in [0.5, 0.6) is 0 Å². The molecular formula is C21H17N2O+. The molecule has 2 heterocycles. The number of nitrogens with zero attached hydrogens (tertiary/aromatic N) is 2. The van der Waals surface area contributed by atoms with E-state index in [9.17, 15) is 0 Å². The Labute approximate surface area is 140 Å². The second-order valence-corrected chi connectivity index (χ2v) is 6.23. The zero-order chi connectivity index (χ0) is 16.8. The fourth-order valence-corrected chi connectivity index (χ4v) is 3.37. The highest BCUT2D eigenvalue weighted by Crippen LogP contribution is 2.38. The van der Waals surface area contributed by atoms with Crippen LogP contribution in [0.4, 0.5) is 5.69 Å². The van der Waals surface area contributed by atoms with Gasteiger partial charge in [-0.3, -0.25) is 0 Å². The lowest BCUT2D eigenvalue weighted by atomic mass is 9.97. The number of hydrogen-bond donors (Lipinski definition) is 0. The van der Waals surface area contributed by atoms with Crippen LogP contribution >= 0.6 is 0 Å². The van der Waals surface area contributed by atoms with Crippen molar-refractivity contribution in [1.29, 1.82) is 0 Å². The molecule has 3 heteroatoms. The highest BCUT2D eigenvalue weighted by atomic mass is 16.3. The van der Waals surface area contributed by atoms with Gasteiger partial charge < -0.3 is 4.42 Å². The first-order valence-electron chi connectivity index (χ1n) is 7.88. The predicted molar refractivity (Wildman–Crippen MR) is 96.1 cm³/mol. The molecule has 0 saturated heterocycles. The van der Waals surface area contributed by atoms with Gasteiger partial charge in [0.25, 0.3) is 0 Å². The van der Waals surface area contributed by atoms with E-state index in [0.717, 1.165) is 27.6 Å². The quantitative estimate of drug-likeness (QED) is 0.347. The minimum absolute atomic E-state index is 0.598. The summed E-state index contributed by atoms with van der Waals surface area (Å²) >= 11 is 0. The molecule has 24 heavy (non-hydrogen) atoms. The second kappa shape index (κ2) is 5.21. The summed E-state index contributed by atoms with van der Waals surface area (Å²) in [4.78, 5) is 3.50. The van der Waals surface area contributed by atoms with Crippen molar-refractivity contribution < 1.29 is 8.98 Å². The molecule has 0 unspecified atom stereocenters. The van der Waals surface area contributed by atoms with Gasteiger partial charge in [0.05, 0.1) is 12.1 Å². The summed E-state index contributed by atoms with van der Waals surface area (Å²) in [5, 5.41) is 2.16. The molecule has 0 fully saturated rings. The maximum absolute atomic E-state index is 7.19. The fraction of sp³-hybridized carbons (Fsp3) is 0.143. The minimum atomic E-state index is 0.598. The normalized spacial score (nSPS) is 11.1. The monoisotopic (exact) mass is 313 g/mol. The van der Waals surface area contributed by atoms with Crippen molar-refractivity contribution in [2.75, 3.05) is 0 Å². The lowest BCUT2D eigenvalue weighted by molar-refractivity contribution is -0.660. The summed E-state index contributed by atoms with van der Waals surface area (Å²) in [6.07, 6.45) is 2.13. The third-order valence-corrected chi connectivity index (χ3v) is 4.50. The Morgan fingerprint density at radius 3 is 2.58 bits per heavy atom. The zero-order valence-corrected chi connectivity index (χ0v) is 13.9. The van der Waals surface area contributed by atoms with Crippen LogP contribution in [0.15, 0.2) is 53.1 Å². The van der Waals surface area contributed by atoms with Gasteiger partial charge in [0, 0.05) is 22.4 Å². The predicted octanol–water partition coefficient (Wildman–Crippen LogP) is 5.25. The van der Waals surface area contributed by atoms with Gasteiger partial charge in [-0.25, -0.2) is 9.41 Å². The molecule has 0 bridgehead atoms. The maximum atomic E-state index is 7.19. The number of fused-ring (bicyclic) bond motifs is 3. The first-order chi connectivity index (χ1) is 11.6. The Morgan fingerprint density at radius 1 is 1.00 bits per heavy atom. The van der Waals surface area contributed by atoms with Crippen LogP contribution in [0.1, 0.15) is 11.1 Å². The lowest BCUT2D eigenvalue weighted by Crippen LogP contribution is -2.31. The summed E-state index contributed by atoms with van der Waals surface area (Å²) in [5.41, 5.74) is 6.99. The Bertz CT molecular complexity index is 1150. The van der Waals surface area contributed by atoms with Gasteiger partial charge in [-0.05, 0) is 37.6 Å². The SMILES string of the molecule is [C-]#[N+]c1ccc2c(c1)oc1ccc(C)c(-c3ccc(C)c[n+]3C)c12. The molecule has 116 valence electrons. The molecule has 2 aromatic heterocycles. The van der Waals surface area contributed by atoms with Gasteiger partial charge in [0.1, 0.15) is 18.2 Å². The topological polar surface area (TPSA) is 21.4 Å². The summed E-state index contributed by atoms with van der Waals surface area (Å²) in [6, 6.07) is 14.1. The highest BCUT2D eigenvalue weighted by molar-refractivity contribution is 6.13. The number of rotatable bonds is 1. The Morgan fingerprint density at radius 2 is 1.83 bits per heavy atom. The third kappa shape index (κ3) is 2.08. The first kappa shape index (κ1) is 14.5. The Balaban J connectivity index is 2.15. The summed E-state index contributed by atoms with van der Waals surface area (Å²) in [5.74, 6) is 0. The van der Waals surface area contributed by atoms with E-state index in [0.29, 0.717) is 5.69 Å². The van der Waals surface area contributed by atoms with Crippen molar-refractivity contribution in [3.8, 4) is 11.3 Å². The van der Waals surface area contributed by atoms with Gasteiger partial charge in [-0.1, -0.05) is 18.2 Å². The van der Waals surface area contributed by atoms with Crippen LogP contribution in [0.25, 0.3) is 38.0 Å². The van der Waals surface area contributed by atoms with E-state index in [1.807, 2.05) is 24.3 Å². The van der Waals surface area contributed by atoms with Gasteiger partial charge in [-0.2, -0.15) is 0 Å². The molecule has 4 aromatic rings. The zero-order valence-electron chi connectivity index (χ0n) is 13.9. The van der Waals surface area contributed by atoms with Crippen molar-refractivity contribution in [2.45, 2.75) is 13.8 Å². The van der Waals surface area contributed by atoms with Crippen LogP contribution in [-0.4, -0.2) is 0 Å². The van der Waals surface area contributed by atoms with E-state index in [-0.39, 0.29) is 0 Å². The van der Waals surface area contributed by atoms with Gasteiger partial charge in [0.2, 0.25) is 5.69 Å². The smallest absolute Gasteiger partial charge is 0.213 e. The summed E-state index contributed by atoms with van der Waals surface area (Å²) in [6.45, 7) is 11.4. The van der Waals surface area contributed by atoms with Crippen molar-refractivity contribution in [1.82, 2.24) is 0 Å². The van der Waals surface area contributed by atoms with E-state index >= 15 is 0 Å². The van der Waals surface area contributed by atoms with Crippen molar-refractivity contribution in [2.24, 2.45) is 7.05 Å². The van der Waals surface area contributed by atoms with E-state index < -0.39 is 0 Å². The number of benzene rings is 2. The fourth-order valence-electron chi connectivity index (χ4n) is 3.37. The van der Waals surface area contributed by atoms with Crippen LogP contribution in [0.2, 0.25) is 0 Å². The molecule has 0 spiro atoms. The largest absolute Gasteiger partial charge is 0.457 e. The standard InChI is InChI=1S/C21H17N2O/c1-13-5-9-17(23(4)12-13)20-14(2)6-10-18-21(20)16-8-7-15(22-3)11-19(16)24-18/h5-12H,1-2,4H3/q+1. The van der Waals surface area contributed by atoms with E-state index in [1.165, 1.54) is 16.7 Å². The average Bonchev–Trinajstić information content (AvgIpc) is 2.93. The average molecular weight is 313 g/mol. The molecule has 0 aliphatic rings. The molecular weight excluding hydrogens is 296 g/mol. The molecule has 0 aliphatic carbocycles. The molecule has 0 N–H and O–H groups in total. The van der Waals surface area contributed by atoms with Gasteiger partial charge in [0.15, 0.2) is 11.9 Å². The van der Waals surface area contributed by atoms with E-state index in [2.05, 4.69) is 54.7 Å². The number of hydrogen-bond acceptors (Lipinski definition) is 1. The Hall–Kier alpha value is -3.12.